The minimum Gasteiger partial charge on any atom is -0.480 e. The zero-order valence-electron chi connectivity index (χ0n) is 8.88. The van der Waals surface area contributed by atoms with Crippen molar-refractivity contribution in [3.05, 3.63) is 28.7 Å². The molecule has 1 aromatic heterocycles. The van der Waals surface area contributed by atoms with Gasteiger partial charge in [0.1, 0.15) is 12.1 Å². The van der Waals surface area contributed by atoms with Gasteiger partial charge in [0, 0.05) is 5.39 Å². The molecule has 0 saturated heterocycles. The van der Waals surface area contributed by atoms with E-state index >= 15 is 0 Å². The summed E-state index contributed by atoms with van der Waals surface area (Å²) in [5.74, 6) is -1.27. The Morgan fingerprint density at radius 3 is 2.67 bits per heavy atom. The van der Waals surface area contributed by atoms with Crippen LogP contribution < -0.4 is 4.72 Å². The Balaban J connectivity index is 2.47. The van der Waals surface area contributed by atoms with Crippen molar-refractivity contribution in [3.8, 4) is 0 Å². The van der Waals surface area contributed by atoms with Gasteiger partial charge in [-0.1, -0.05) is 12.1 Å². The molecular formula is C10H8BrNO5S. The molecule has 0 fully saturated rings. The third-order valence-corrected chi connectivity index (χ3v) is 4.51. The van der Waals surface area contributed by atoms with Crippen molar-refractivity contribution >= 4 is 42.9 Å². The molecular weight excluding hydrogens is 326 g/mol. The summed E-state index contributed by atoms with van der Waals surface area (Å²) in [5.41, 5.74) is 0.403. The van der Waals surface area contributed by atoms with E-state index in [0.29, 0.717) is 11.0 Å². The summed E-state index contributed by atoms with van der Waals surface area (Å²) >= 11 is 3.13. The van der Waals surface area contributed by atoms with Crippen LogP contribution in [0.25, 0.3) is 11.0 Å². The van der Waals surface area contributed by atoms with Crippen molar-refractivity contribution in [2.75, 3.05) is 6.54 Å². The average Bonchev–Trinajstić information content (AvgIpc) is 2.66. The Morgan fingerprint density at radius 2 is 2.06 bits per heavy atom. The summed E-state index contributed by atoms with van der Waals surface area (Å²) in [6, 6.07) is 6.76. The van der Waals surface area contributed by atoms with Gasteiger partial charge in [0.25, 0.3) is 10.0 Å². The average molecular weight is 334 g/mol. The minimum atomic E-state index is -3.99. The molecule has 96 valence electrons. The number of carboxylic acids is 1. The first kappa shape index (κ1) is 13.1. The molecule has 2 aromatic rings. The van der Waals surface area contributed by atoms with Gasteiger partial charge in [-0.2, -0.15) is 4.72 Å². The van der Waals surface area contributed by atoms with Gasteiger partial charge in [0.15, 0.2) is 0 Å². The van der Waals surface area contributed by atoms with E-state index in [4.69, 9.17) is 9.52 Å². The molecule has 0 unspecified atom stereocenters. The number of carboxylic acid groups (broad SMARTS) is 1. The lowest BCUT2D eigenvalue weighted by molar-refractivity contribution is -0.135. The van der Waals surface area contributed by atoms with Gasteiger partial charge in [-0.3, -0.25) is 4.79 Å². The Labute approximate surface area is 111 Å². The summed E-state index contributed by atoms with van der Waals surface area (Å²) in [6.45, 7) is -0.703. The number of nitrogens with one attached hydrogen (secondary N) is 1. The molecule has 0 aliphatic rings. The van der Waals surface area contributed by atoms with Crippen LogP contribution in [0.4, 0.5) is 0 Å². The highest BCUT2D eigenvalue weighted by Gasteiger charge is 2.25. The molecule has 0 aliphatic heterocycles. The van der Waals surface area contributed by atoms with Crippen molar-refractivity contribution in [2.45, 2.75) is 5.09 Å². The van der Waals surface area contributed by atoms with Crippen molar-refractivity contribution in [1.82, 2.24) is 4.72 Å². The van der Waals surface area contributed by atoms with Crippen LogP contribution in [-0.2, 0) is 14.8 Å². The molecule has 0 radical (unpaired) electrons. The summed E-state index contributed by atoms with van der Waals surface area (Å²) in [7, 11) is -3.99. The third kappa shape index (κ3) is 2.40. The van der Waals surface area contributed by atoms with Crippen LogP contribution in [0, 0.1) is 0 Å². The molecule has 0 spiro atoms. The van der Waals surface area contributed by atoms with Crippen LogP contribution in [0.1, 0.15) is 0 Å². The summed E-state index contributed by atoms with van der Waals surface area (Å²) in [4.78, 5) is 10.4. The van der Waals surface area contributed by atoms with E-state index in [1.807, 2.05) is 4.72 Å². The fourth-order valence-electron chi connectivity index (χ4n) is 1.39. The number of furan rings is 1. The van der Waals surface area contributed by atoms with Gasteiger partial charge in [0.05, 0.1) is 4.47 Å². The molecule has 2 rings (SSSR count). The monoisotopic (exact) mass is 333 g/mol. The lowest BCUT2D eigenvalue weighted by Gasteiger charge is -2.00. The SMILES string of the molecule is O=C(O)CNS(=O)(=O)c1oc2ccccc2c1Br. The molecule has 8 heteroatoms. The van der Waals surface area contributed by atoms with E-state index in [2.05, 4.69) is 15.9 Å². The number of sulfonamides is 1. The largest absolute Gasteiger partial charge is 0.480 e. The van der Waals surface area contributed by atoms with Gasteiger partial charge in [-0.25, -0.2) is 8.42 Å². The quantitative estimate of drug-likeness (QED) is 0.884. The third-order valence-electron chi connectivity index (χ3n) is 2.16. The topological polar surface area (TPSA) is 96.6 Å². The Kier molecular flexibility index (Phi) is 3.42. The normalized spacial score (nSPS) is 11.8. The number of fused-ring (bicyclic) bond motifs is 1. The van der Waals surface area contributed by atoms with Crippen LogP contribution in [0.15, 0.2) is 38.2 Å². The molecule has 0 bridgehead atoms. The first-order valence-electron chi connectivity index (χ1n) is 4.80. The summed E-state index contributed by atoms with van der Waals surface area (Å²) in [6.07, 6.45) is 0. The Bertz CT molecular complexity index is 706. The van der Waals surface area contributed by atoms with Crippen LogP contribution in [0.2, 0.25) is 0 Å². The summed E-state index contributed by atoms with van der Waals surface area (Å²) in [5, 5.41) is 8.74. The van der Waals surface area contributed by atoms with E-state index in [0.717, 1.165) is 0 Å². The van der Waals surface area contributed by atoms with E-state index in [9.17, 15) is 13.2 Å². The second-order valence-corrected chi connectivity index (χ2v) is 5.88. The van der Waals surface area contributed by atoms with Crippen molar-refractivity contribution < 1.29 is 22.7 Å². The van der Waals surface area contributed by atoms with Gasteiger partial charge in [0.2, 0.25) is 5.09 Å². The minimum absolute atomic E-state index is 0.274. The van der Waals surface area contributed by atoms with Gasteiger partial charge in [-0.05, 0) is 28.1 Å². The van der Waals surface area contributed by atoms with Crippen LogP contribution >= 0.6 is 15.9 Å². The molecule has 0 amide bonds. The standard InChI is InChI=1S/C10H8BrNO5S/c11-9-6-3-1-2-4-7(6)17-10(9)18(15,16)12-5-8(13)14/h1-4,12H,5H2,(H,13,14). The Morgan fingerprint density at radius 1 is 1.39 bits per heavy atom. The first-order chi connectivity index (χ1) is 8.42. The fourth-order valence-corrected chi connectivity index (χ4v) is 3.42. The highest BCUT2D eigenvalue weighted by molar-refractivity contribution is 9.10. The highest BCUT2D eigenvalue weighted by atomic mass is 79.9. The predicted octanol–water partition coefficient (Wildman–Crippen LogP) is 1.56. The zero-order chi connectivity index (χ0) is 13.3. The molecule has 1 heterocycles. The van der Waals surface area contributed by atoms with E-state index < -0.39 is 22.5 Å². The zero-order valence-corrected chi connectivity index (χ0v) is 11.3. The number of carbonyl (C=O) groups is 1. The molecule has 18 heavy (non-hydrogen) atoms. The van der Waals surface area contributed by atoms with E-state index in [1.165, 1.54) is 0 Å². The van der Waals surface area contributed by atoms with Gasteiger partial charge < -0.3 is 9.52 Å². The molecule has 0 aliphatic carbocycles. The second-order valence-electron chi connectivity index (χ2n) is 3.42. The number of halogens is 1. The number of hydrogen-bond donors (Lipinski definition) is 2. The molecule has 6 nitrogen and oxygen atoms in total. The Hall–Kier alpha value is -1.38. The number of benzene rings is 1. The number of hydrogen-bond acceptors (Lipinski definition) is 4. The number of aliphatic carboxylic acids is 1. The van der Waals surface area contributed by atoms with Gasteiger partial charge in [-0.15, -0.1) is 0 Å². The smallest absolute Gasteiger partial charge is 0.318 e. The van der Waals surface area contributed by atoms with E-state index in [-0.39, 0.29) is 9.56 Å². The van der Waals surface area contributed by atoms with E-state index in [1.54, 1.807) is 24.3 Å². The number of rotatable bonds is 4. The van der Waals surface area contributed by atoms with Crippen molar-refractivity contribution in [1.29, 1.82) is 0 Å². The molecule has 2 N–H and O–H groups in total. The fraction of sp³-hybridized carbons (Fsp3) is 0.100. The number of para-hydroxylation sites is 1. The van der Waals surface area contributed by atoms with Gasteiger partial charge >= 0.3 is 5.97 Å². The maximum Gasteiger partial charge on any atom is 0.318 e. The lowest BCUT2D eigenvalue weighted by atomic mass is 10.3. The van der Waals surface area contributed by atoms with Crippen LogP contribution in [-0.4, -0.2) is 26.0 Å². The highest BCUT2D eigenvalue weighted by Crippen LogP contribution is 2.33. The van der Waals surface area contributed by atoms with Crippen LogP contribution in [0.3, 0.4) is 0 Å². The maximum absolute atomic E-state index is 11.8. The van der Waals surface area contributed by atoms with Crippen molar-refractivity contribution in [3.63, 3.8) is 0 Å². The maximum atomic E-state index is 11.8. The molecule has 0 saturated carbocycles. The second kappa shape index (κ2) is 4.71. The van der Waals surface area contributed by atoms with Crippen LogP contribution in [0.5, 0.6) is 0 Å². The predicted molar refractivity (Wildman–Crippen MR) is 66.7 cm³/mol. The summed E-state index contributed by atoms with van der Waals surface area (Å²) < 4.78 is 31.1. The van der Waals surface area contributed by atoms with Crippen molar-refractivity contribution in [2.24, 2.45) is 0 Å². The lowest BCUT2D eigenvalue weighted by Crippen LogP contribution is -2.29. The first-order valence-corrected chi connectivity index (χ1v) is 7.08. The molecule has 0 atom stereocenters. The molecule has 1 aromatic carbocycles.